The molecule has 0 spiro atoms. The second-order valence-corrected chi connectivity index (χ2v) is 4.45. The van der Waals surface area contributed by atoms with Gasteiger partial charge in [-0.25, -0.2) is 4.39 Å². The first kappa shape index (κ1) is 10.6. The number of hydrogen-bond acceptors (Lipinski definition) is 2. The summed E-state index contributed by atoms with van der Waals surface area (Å²) >= 11 is 0. The van der Waals surface area contributed by atoms with Crippen molar-refractivity contribution in [2.24, 2.45) is 7.05 Å². The Morgan fingerprint density at radius 3 is 3.13 bits per heavy atom. The van der Waals surface area contributed by atoms with E-state index in [1.54, 1.807) is 4.68 Å². The molecule has 0 amide bonds. The number of aryl methyl sites for hydroxylation is 2. The zero-order chi connectivity index (χ0) is 10.7. The highest BCUT2D eigenvalue weighted by Gasteiger charge is 2.31. The molecule has 1 aliphatic heterocycles. The standard InChI is InChI=1S/C11H18FN3/c1-15-8-10(7-14-15)3-5-11(12)4-2-6-13-9-11/h7-8,13H,2-6,9H2,1H3. The van der Waals surface area contributed by atoms with E-state index in [1.165, 1.54) is 0 Å². The van der Waals surface area contributed by atoms with Gasteiger partial charge in [-0.05, 0) is 37.8 Å². The Bertz CT molecular complexity index is 315. The lowest BCUT2D eigenvalue weighted by Crippen LogP contribution is -2.42. The van der Waals surface area contributed by atoms with Crippen molar-refractivity contribution >= 4 is 0 Å². The molecule has 84 valence electrons. The highest BCUT2D eigenvalue weighted by Crippen LogP contribution is 2.26. The number of aromatic nitrogens is 2. The van der Waals surface area contributed by atoms with Crippen LogP contribution in [0.4, 0.5) is 4.39 Å². The minimum absolute atomic E-state index is 0.507. The average molecular weight is 211 g/mol. The third-order valence-corrected chi connectivity index (χ3v) is 3.04. The molecule has 15 heavy (non-hydrogen) atoms. The molecule has 1 fully saturated rings. The SMILES string of the molecule is Cn1cc(CCC2(F)CCCNC2)cn1. The van der Waals surface area contributed by atoms with Crippen molar-refractivity contribution in [2.45, 2.75) is 31.4 Å². The van der Waals surface area contributed by atoms with E-state index >= 15 is 0 Å². The van der Waals surface area contributed by atoms with Gasteiger partial charge in [-0.1, -0.05) is 0 Å². The van der Waals surface area contributed by atoms with E-state index in [-0.39, 0.29) is 0 Å². The highest BCUT2D eigenvalue weighted by atomic mass is 19.1. The summed E-state index contributed by atoms with van der Waals surface area (Å²) in [7, 11) is 1.89. The summed E-state index contributed by atoms with van der Waals surface area (Å²) < 4.78 is 15.9. The molecule has 2 heterocycles. The van der Waals surface area contributed by atoms with Gasteiger partial charge in [0.15, 0.2) is 0 Å². The lowest BCUT2D eigenvalue weighted by atomic mass is 9.90. The zero-order valence-electron chi connectivity index (χ0n) is 9.17. The van der Waals surface area contributed by atoms with Crippen molar-refractivity contribution in [3.8, 4) is 0 Å². The largest absolute Gasteiger partial charge is 0.314 e. The molecule has 0 bridgehead atoms. The lowest BCUT2D eigenvalue weighted by molar-refractivity contribution is 0.111. The molecule has 0 aromatic carbocycles. The number of rotatable bonds is 3. The first-order valence-corrected chi connectivity index (χ1v) is 5.55. The molecule has 1 N–H and O–H groups in total. The van der Waals surface area contributed by atoms with Crippen LogP contribution in [-0.4, -0.2) is 28.5 Å². The molecule has 0 radical (unpaired) electrons. The Hall–Kier alpha value is -0.900. The summed E-state index contributed by atoms with van der Waals surface area (Å²) in [6.45, 7) is 1.46. The van der Waals surface area contributed by atoms with E-state index < -0.39 is 5.67 Å². The maximum absolute atomic E-state index is 14.2. The van der Waals surface area contributed by atoms with Crippen LogP contribution in [0.3, 0.4) is 0 Å². The number of halogens is 1. The number of nitrogens with zero attached hydrogens (tertiary/aromatic N) is 2. The molecular formula is C11H18FN3. The second-order valence-electron chi connectivity index (χ2n) is 4.45. The number of piperidine rings is 1. The predicted molar refractivity (Wildman–Crippen MR) is 57.5 cm³/mol. The third-order valence-electron chi connectivity index (χ3n) is 3.04. The Balaban J connectivity index is 1.86. The van der Waals surface area contributed by atoms with Crippen LogP contribution in [0.5, 0.6) is 0 Å². The Morgan fingerprint density at radius 2 is 2.53 bits per heavy atom. The van der Waals surface area contributed by atoms with Gasteiger partial charge in [0.05, 0.1) is 6.20 Å². The smallest absolute Gasteiger partial charge is 0.123 e. The van der Waals surface area contributed by atoms with E-state index in [0.717, 1.165) is 24.9 Å². The van der Waals surface area contributed by atoms with Crippen LogP contribution in [0.15, 0.2) is 12.4 Å². The monoisotopic (exact) mass is 211 g/mol. The fraction of sp³-hybridized carbons (Fsp3) is 0.727. The summed E-state index contributed by atoms with van der Waals surface area (Å²) in [6.07, 6.45) is 6.81. The van der Waals surface area contributed by atoms with Gasteiger partial charge in [-0.3, -0.25) is 4.68 Å². The summed E-state index contributed by atoms with van der Waals surface area (Å²) in [5.74, 6) is 0. The van der Waals surface area contributed by atoms with Crippen LogP contribution in [0.2, 0.25) is 0 Å². The van der Waals surface area contributed by atoms with Crippen molar-refractivity contribution in [1.82, 2.24) is 15.1 Å². The van der Waals surface area contributed by atoms with Crippen LogP contribution in [0, 0.1) is 0 Å². The normalized spacial score (nSPS) is 26.8. The fourth-order valence-electron chi connectivity index (χ4n) is 2.11. The topological polar surface area (TPSA) is 29.9 Å². The van der Waals surface area contributed by atoms with Gasteiger partial charge < -0.3 is 5.32 Å². The molecule has 0 aliphatic carbocycles. The summed E-state index contributed by atoms with van der Waals surface area (Å²) in [6, 6.07) is 0. The molecule has 1 unspecified atom stereocenters. The molecular weight excluding hydrogens is 193 g/mol. The van der Waals surface area contributed by atoms with Crippen LogP contribution in [0.1, 0.15) is 24.8 Å². The van der Waals surface area contributed by atoms with Crippen LogP contribution in [-0.2, 0) is 13.5 Å². The first-order chi connectivity index (χ1) is 7.18. The number of alkyl halides is 1. The fourth-order valence-corrected chi connectivity index (χ4v) is 2.11. The van der Waals surface area contributed by atoms with Gasteiger partial charge in [0.25, 0.3) is 0 Å². The van der Waals surface area contributed by atoms with E-state index in [1.807, 2.05) is 19.4 Å². The van der Waals surface area contributed by atoms with Crippen molar-refractivity contribution in [2.75, 3.05) is 13.1 Å². The van der Waals surface area contributed by atoms with Gasteiger partial charge in [-0.2, -0.15) is 5.10 Å². The van der Waals surface area contributed by atoms with Crippen LogP contribution < -0.4 is 5.32 Å². The Kier molecular flexibility index (Phi) is 3.05. The zero-order valence-corrected chi connectivity index (χ0v) is 9.17. The molecule has 2 rings (SSSR count). The van der Waals surface area contributed by atoms with Crippen molar-refractivity contribution in [1.29, 1.82) is 0 Å². The molecule has 4 heteroatoms. The maximum Gasteiger partial charge on any atom is 0.123 e. The number of nitrogens with one attached hydrogen (secondary N) is 1. The van der Waals surface area contributed by atoms with E-state index in [4.69, 9.17) is 0 Å². The molecule has 1 atom stereocenters. The molecule has 0 saturated carbocycles. The molecule has 1 aromatic heterocycles. The van der Waals surface area contributed by atoms with Crippen molar-refractivity contribution in [3.63, 3.8) is 0 Å². The van der Waals surface area contributed by atoms with Crippen molar-refractivity contribution < 1.29 is 4.39 Å². The lowest BCUT2D eigenvalue weighted by Gasteiger charge is -2.29. The van der Waals surface area contributed by atoms with Gasteiger partial charge in [0.1, 0.15) is 5.67 Å². The highest BCUT2D eigenvalue weighted by molar-refractivity contribution is 5.05. The van der Waals surface area contributed by atoms with Gasteiger partial charge >= 0.3 is 0 Å². The average Bonchev–Trinajstić information content (AvgIpc) is 2.63. The summed E-state index contributed by atoms with van der Waals surface area (Å²) in [4.78, 5) is 0. The quantitative estimate of drug-likeness (QED) is 0.820. The van der Waals surface area contributed by atoms with E-state index in [0.29, 0.717) is 19.4 Å². The van der Waals surface area contributed by atoms with Crippen LogP contribution >= 0.6 is 0 Å². The Morgan fingerprint density at radius 1 is 1.67 bits per heavy atom. The van der Waals surface area contributed by atoms with Gasteiger partial charge in [0, 0.05) is 19.8 Å². The molecule has 1 aromatic rings. The molecule has 3 nitrogen and oxygen atoms in total. The van der Waals surface area contributed by atoms with Gasteiger partial charge in [-0.15, -0.1) is 0 Å². The third kappa shape index (κ3) is 2.78. The number of hydrogen-bond donors (Lipinski definition) is 1. The maximum atomic E-state index is 14.2. The minimum Gasteiger partial charge on any atom is -0.314 e. The summed E-state index contributed by atoms with van der Waals surface area (Å²) in [5, 5.41) is 7.20. The van der Waals surface area contributed by atoms with Crippen LogP contribution in [0.25, 0.3) is 0 Å². The van der Waals surface area contributed by atoms with E-state index in [9.17, 15) is 4.39 Å². The second kappa shape index (κ2) is 4.31. The molecule has 1 saturated heterocycles. The van der Waals surface area contributed by atoms with Gasteiger partial charge in [0.2, 0.25) is 0 Å². The van der Waals surface area contributed by atoms with Crippen molar-refractivity contribution in [3.05, 3.63) is 18.0 Å². The first-order valence-electron chi connectivity index (χ1n) is 5.55. The Labute approximate surface area is 89.7 Å². The summed E-state index contributed by atoms with van der Waals surface area (Å²) in [5.41, 5.74) is 0.119. The van der Waals surface area contributed by atoms with E-state index in [2.05, 4.69) is 10.4 Å². The minimum atomic E-state index is -1.01. The predicted octanol–water partition coefficient (Wildman–Crippen LogP) is 1.44. The molecule has 1 aliphatic rings.